The Morgan fingerprint density at radius 2 is 1.87 bits per heavy atom. The summed E-state index contributed by atoms with van der Waals surface area (Å²) in [7, 11) is 0. The van der Waals surface area contributed by atoms with Crippen molar-refractivity contribution < 1.29 is 14.3 Å². The lowest BCUT2D eigenvalue weighted by molar-refractivity contribution is 0.102. The minimum absolute atomic E-state index is 0.0925. The molecule has 0 bridgehead atoms. The van der Waals surface area contributed by atoms with Crippen LogP contribution in [0.3, 0.4) is 0 Å². The summed E-state index contributed by atoms with van der Waals surface area (Å²) in [6.07, 6.45) is 0.0925. The van der Waals surface area contributed by atoms with E-state index >= 15 is 0 Å². The van der Waals surface area contributed by atoms with Crippen LogP contribution in [0.5, 0.6) is 11.5 Å². The van der Waals surface area contributed by atoms with E-state index in [1.54, 1.807) is 42.5 Å². The van der Waals surface area contributed by atoms with Crippen molar-refractivity contribution in [1.29, 1.82) is 0 Å². The Labute approximate surface area is 141 Å². The van der Waals surface area contributed by atoms with E-state index in [4.69, 9.17) is 21.1 Å². The van der Waals surface area contributed by atoms with Gasteiger partial charge in [0.05, 0.1) is 23.4 Å². The molecule has 1 N–H and O–H groups in total. The molecule has 0 aliphatic rings. The van der Waals surface area contributed by atoms with Crippen LogP contribution in [-0.2, 0) is 0 Å². The number of rotatable bonds is 6. The second-order valence-corrected chi connectivity index (χ2v) is 5.60. The molecule has 0 saturated carbocycles. The maximum absolute atomic E-state index is 12.4. The Kier molecular flexibility index (Phi) is 5.88. The highest BCUT2D eigenvalue weighted by molar-refractivity contribution is 6.32. The van der Waals surface area contributed by atoms with Crippen LogP contribution in [0.25, 0.3) is 0 Å². The number of amides is 1. The van der Waals surface area contributed by atoms with Crippen molar-refractivity contribution in [3.05, 3.63) is 53.1 Å². The molecule has 0 aliphatic carbocycles. The molecule has 5 heteroatoms. The van der Waals surface area contributed by atoms with Gasteiger partial charge < -0.3 is 14.8 Å². The number of hydrogen-bond acceptors (Lipinski definition) is 3. The molecule has 0 aromatic heterocycles. The molecule has 0 heterocycles. The number of hydrogen-bond donors (Lipinski definition) is 1. The summed E-state index contributed by atoms with van der Waals surface area (Å²) >= 11 is 6.11. The molecule has 0 saturated heterocycles. The van der Waals surface area contributed by atoms with Crippen LogP contribution in [0, 0.1) is 0 Å². The predicted molar refractivity (Wildman–Crippen MR) is 92.8 cm³/mol. The lowest BCUT2D eigenvalue weighted by Gasteiger charge is -2.13. The van der Waals surface area contributed by atoms with Crippen molar-refractivity contribution in [1.82, 2.24) is 0 Å². The second-order valence-electron chi connectivity index (χ2n) is 5.19. The van der Waals surface area contributed by atoms with Crippen molar-refractivity contribution in [2.24, 2.45) is 0 Å². The van der Waals surface area contributed by atoms with Crippen molar-refractivity contribution in [2.75, 3.05) is 11.9 Å². The van der Waals surface area contributed by atoms with Gasteiger partial charge in [-0.25, -0.2) is 0 Å². The fourth-order valence-electron chi connectivity index (χ4n) is 2.05. The zero-order chi connectivity index (χ0) is 16.8. The molecule has 122 valence electrons. The van der Waals surface area contributed by atoms with E-state index in [2.05, 4.69) is 5.32 Å². The summed E-state index contributed by atoms with van der Waals surface area (Å²) in [5, 5.41) is 3.29. The quantitative estimate of drug-likeness (QED) is 0.827. The maximum Gasteiger partial charge on any atom is 0.255 e. The first-order chi connectivity index (χ1) is 11.0. The fourth-order valence-corrected chi connectivity index (χ4v) is 2.28. The van der Waals surface area contributed by atoms with Crippen molar-refractivity contribution in [3.63, 3.8) is 0 Å². The molecule has 0 aliphatic heterocycles. The van der Waals surface area contributed by atoms with E-state index < -0.39 is 0 Å². The first kappa shape index (κ1) is 17.2. The summed E-state index contributed by atoms with van der Waals surface area (Å²) in [5.41, 5.74) is 1.08. The number of nitrogens with one attached hydrogen (secondary N) is 1. The second kappa shape index (κ2) is 7.88. The summed E-state index contributed by atoms with van der Waals surface area (Å²) in [6.45, 7) is 6.24. The lowest BCUT2D eigenvalue weighted by atomic mass is 10.2. The molecule has 1 amide bonds. The van der Waals surface area contributed by atoms with Gasteiger partial charge in [0.2, 0.25) is 0 Å². The third-order valence-corrected chi connectivity index (χ3v) is 3.29. The zero-order valence-electron chi connectivity index (χ0n) is 13.4. The Balaban J connectivity index is 2.14. The van der Waals surface area contributed by atoms with E-state index in [0.717, 1.165) is 5.75 Å². The largest absolute Gasteiger partial charge is 0.491 e. The predicted octanol–water partition coefficient (Wildman–Crippen LogP) is 4.78. The van der Waals surface area contributed by atoms with Crippen LogP contribution in [0.1, 0.15) is 31.1 Å². The summed E-state index contributed by atoms with van der Waals surface area (Å²) in [4.78, 5) is 12.4. The van der Waals surface area contributed by atoms with Crippen LogP contribution in [0.4, 0.5) is 5.69 Å². The van der Waals surface area contributed by atoms with Gasteiger partial charge in [-0.15, -0.1) is 0 Å². The van der Waals surface area contributed by atoms with Crippen molar-refractivity contribution in [2.45, 2.75) is 26.9 Å². The summed E-state index contributed by atoms with van der Waals surface area (Å²) in [5.74, 6) is 0.975. The number of halogens is 1. The third-order valence-electron chi connectivity index (χ3n) is 2.99. The minimum Gasteiger partial charge on any atom is -0.491 e. The SMILES string of the molecule is CCOc1c(Cl)cccc1NC(=O)c1ccc(OC(C)C)cc1. The van der Waals surface area contributed by atoms with Crippen molar-refractivity contribution in [3.8, 4) is 11.5 Å². The topological polar surface area (TPSA) is 47.6 Å². The molecule has 0 radical (unpaired) electrons. The van der Waals surface area contributed by atoms with Gasteiger partial charge in [-0.2, -0.15) is 0 Å². The highest BCUT2D eigenvalue weighted by Crippen LogP contribution is 2.33. The molecule has 23 heavy (non-hydrogen) atoms. The van der Waals surface area contributed by atoms with E-state index in [1.165, 1.54) is 0 Å². The van der Waals surface area contributed by atoms with Gasteiger partial charge >= 0.3 is 0 Å². The molecule has 0 spiro atoms. The number of carbonyl (C=O) groups excluding carboxylic acids is 1. The standard InChI is InChI=1S/C18H20ClNO3/c1-4-22-17-15(19)6-5-7-16(17)20-18(21)13-8-10-14(11-9-13)23-12(2)3/h5-12H,4H2,1-3H3,(H,20,21). The first-order valence-corrected chi connectivity index (χ1v) is 7.88. The van der Waals surface area contributed by atoms with Gasteiger partial charge in [0.15, 0.2) is 5.75 Å². The fraction of sp³-hybridized carbons (Fsp3) is 0.278. The summed E-state index contributed by atoms with van der Waals surface area (Å²) < 4.78 is 11.1. The summed E-state index contributed by atoms with van der Waals surface area (Å²) in [6, 6.07) is 12.2. The highest BCUT2D eigenvalue weighted by atomic mass is 35.5. The van der Waals surface area contributed by atoms with Gasteiger partial charge in [-0.1, -0.05) is 17.7 Å². The lowest BCUT2D eigenvalue weighted by Crippen LogP contribution is -2.13. The molecule has 2 rings (SSSR count). The molecule has 2 aromatic carbocycles. The van der Waals surface area contributed by atoms with Crippen LogP contribution in [0.15, 0.2) is 42.5 Å². The van der Waals surface area contributed by atoms with E-state index in [1.807, 2.05) is 20.8 Å². The number of para-hydroxylation sites is 1. The molecular formula is C18H20ClNO3. The van der Waals surface area contributed by atoms with E-state index in [-0.39, 0.29) is 12.0 Å². The van der Waals surface area contributed by atoms with Crippen molar-refractivity contribution >= 4 is 23.2 Å². The van der Waals surface area contributed by atoms with E-state index in [0.29, 0.717) is 28.6 Å². The van der Waals surface area contributed by atoms with Crippen LogP contribution >= 0.6 is 11.6 Å². The van der Waals surface area contributed by atoms with E-state index in [9.17, 15) is 4.79 Å². The molecule has 4 nitrogen and oxygen atoms in total. The number of benzene rings is 2. The van der Waals surface area contributed by atoms with Gasteiger partial charge in [0.1, 0.15) is 5.75 Å². The van der Waals surface area contributed by atoms with Gasteiger partial charge in [-0.3, -0.25) is 4.79 Å². The van der Waals surface area contributed by atoms with Gasteiger partial charge in [0.25, 0.3) is 5.91 Å². The van der Waals surface area contributed by atoms with Crippen LogP contribution in [-0.4, -0.2) is 18.6 Å². The molecule has 0 fully saturated rings. The average Bonchev–Trinajstić information content (AvgIpc) is 2.51. The molecule has 2 aromatic rings. The number of carbonyl (C=O) groups is 1. The Morgan fingerprint density at radius 1 is 1.17 bits per heavy atom. The maximum atomic E-state index is 12.4. The molecule has 0 unspecified atom stereocenters. The minimum atomic E-state index is -0.232. The normalized spacial score (nSPS) is 10.5. The van der Waals surface area contributed by atoms with Crippen LogP contribution < -0.4 is 14.8 Å². The Bertz CT molecular complexity index is 668. The first-order valence-electron chi connectivity index (χ1n) is 7.50. The average molecular weight is 334 g/mol. The highest BCUT2D eigenvalue weighted by Gasteiger charge is 2.12. The molecule has 0 atom stereocenters. The zero-order valence-corrected chi connectivity index (χ0v) is 14.2. The number of anilines is 1. The number of ether oxygens (including phenoxy) is 2. The molecular weight excluding hydrogens is 314 g/mol. The Hall–Kier alpha value is -2.20. The monoisotopic (exact) mass is 333 g/mol. The third kappa shape index (κ3) is 4.63. The van der Waals surface area contributed by atoms with Crippen LogP contribution in [0.2, 0.25) is 5.02 Å². The Morgan fingerprint density at radius 3 is 2.48 bits per heavy atom. The smallest absolute Gasteiger partial charge is 0.255 e. The van der Waals surface area contributed by atoms with Gasteiger partial charge in [-0.05, 0) is 57.2 Å². The van der Waals surface area contributed by atoms with Gasteiger partial charge in [0, 0.05) is 5.56 Å².